The first-order valence-corrected chi connectivity index (χ1v) is 4.94. The van der Waals surface area contributed by atoms with Crippen molar-refractivity contribution in [2.75, 3.05) is 6.54 Å². The molecule has 15 heavy (non-hydrogen) atoms. The van der Waals surface area contributed by atoms with Gasteiger partial charge in [0, 0.05) is 31.5 Å². The van der Waals surface area contributed by atoms with Crippen molar-refractivity contribution in [1.29, 1.82) is 5.26 Å². The molecular weight excluding hydrogens is 188 g/mol. The number of aromatic nitrogens is 2. The van der Waals surface area contributed by atoms with Gasteiger partial charge in [0.2, 0.25) is 5.82 Å². The molecule has 0 saturated heterocycles. The van der Waals surface area contributed by atoms with Crippen LogP contribution in [0.2, 0.25) is 0 Å². The zero-order valence-corrected chi connectivity index (χ0v) is 9.20. The van der Waals surface area contributed by atoms with Gasteiger partial charge in [-0.25, -0.2) is 4.98 Å². The van der Waals surface area contributed by atoms with Crippen LogP contribution in [0.4, 0.5) is 0 Å². The molecule has 1 aromatic heterocycles. The van der Waals surface area contributed by atoms with Crippen molar-refractivity contribution >= 4 is 0 Å². The highest BCUT2D eigenvalue weighted by Crippen LogP contribution is 2.00. The van der Waals surface area contributed by atoms with Crippen LogP contribution in [-0.4, -0.2) is 22.1 Å². The number of rotatable bonds is 5. The van der Waals surface area contributed by atoms with Crippen LogP contribution in [0.3, 0.4) is 0 Å². The summed E-state index contributed by atoms with van der Waals surface area (Å²) in [5, 5.41) is 12.0. The van der Waals surface area contributed by atoms with E-state index in [9.17, 15) is 0 Å². The van der Waals surface area contributed by atoms with E-state index in [1.54, 1.807) is 17.0 Å². The second kappa shape index (κ2) is 5.32. The average Bonchev–Trinajstić information content (AvgIpc) is 2.62. The first-order chi connectivity index (χ1) is 7.13. The van der Waals surface area contributed by atoms with E-state index in [0.29, 0.717) is 18.4 Å². The summed E-state index contributed by atoms with van der Waals surface area (Å²) in [4.78, 5) is 3.92. The van der Waals surface area contributed by atoms with E-state index in [-0.39, 0.29) is 0 Å². The molecule has 0 aromatic carbocycles. The molecule has 0 aliphatic rings. The Morgan fingerprint density at radius 2 is 2.47 bits per heavy atom. The van der Waals surface area contributed by atoms with Gasteiger partial charge < -0.3 is 9.88 Å². The Morgan fingerprint density at radius 1 is 1.73 bits per heavy atom. The standard InChI is InChI=1S/C11H16N4/c1-9(2)14-7-10(3)8-15-5-4-13-11(15)6-12/h4-5,9,14H,3,7-8H2,1-2H3. The molecule has 0 amide bonds. The molecule has 0 fully saturated rings. The zero-order valence-electron chi connectivity index (χ0n) is 9.20. The normalized spacial score (nSPS) is 10.3. The Kier molecular flexibility index (Phi) is 4.07. The summed E-state index contributed by atoms with van der Waals surface area (Å²) in [5.41, 5.74) is 1.04. The smallest absolute Gasteiger partial charge is 0.213 e. The molecule has 0 bridgehead atoms. The Bertz CT molecular complexity index is 370. The fourth-order valence-corrected chi connectivity index (χ4v) is 1.20. The molecule has 0 unspecified atom stereocenters. The van der Waals surface area contributed by atoms with Crippen molar-refractivity contribution in [2.24, 2.45) is 0 Å². The van der Waals surface area contributed by atoms with Gasteiger partial charge in [0.15, 0.2) is 0 Å². The summed E-state index contributed by atoms with van der Waals surface area (Å²) in [6.45, 7) is 9.54. The van der Waals surface area contributed by atoms with E-state index >= 15 is 0 Å². The Labute approximate surface area is 90.2 Å². The van der Waals surface area contributed by atoms with Gasteiger partial charge in [0.1, 0.15) is 6.07 Å². The summed E-state index contributed by atoms with van der Waals surface area (Å²) in [7, 11) is 0. The van der Waals surface area contributed by atoms with Crippen LogP contribution < -0.4 is 5.32 Å². The van der Waals surface area contributed by atoms with Gasteiger partial charge in [-0.3, -0.25) is 0 Å². The minimum atomic E-state index is 0.431. The summed E-state index contributed by atoms with van der Waals surface area (Å²) >= 11 is 0. The van der Waals surface area contributed by atoms with Crippen LogP contribution in [0.5, 0.6) is 0 Å². The second-order valence-corrected chi connectivity index (χ2v) is 3.78. The van der Waals surface area contributed by atoms with Gasteiger partial charge in [0.25, 0.3) is 0 Å². The molecule has 1 heterocycles. The van der Waals surface area contributed by atoms with E-state index in [1.807, 2.05) is 6.07 Å². The monoisotopic (exact) mass is 204 g/mol. The molecule has 0 aliphatic carbocycles. The lowest BCUT2D eigenvalue weighted by atomic mass is 10.2. The molecule has 4 heteroatoms. The van der Waals surface area contributed by atoms with Crippen molar-refractivity contribution < 1.29 is 0 Å². The van der Waals surface area contributed by atoms with Crippen LogP contribution >= 0.6 is 0 Å². The summed E-state index contributed by atoms with van der Waals surface area (Å²) in [6.07, 6.45) is 3.42. The largest absolute Gasteiger partial charge is 0.319 e. The molecule has 0 atom stereocenters. The van der Waals surface area contributed by atoms with Gasteiger partial charge in [-0.05, 0) is 5.57 Å². The third-order valence-corrected chi connectivity index (χ3v) is 1.97. The van der Waals surface area contributed by atoms with E-state index in [1.165, 1.54) is 0 Å². The average molecular weight is 204 g/mol. The van der Waals surface area contributed by atoms with Crippen LogP contribution in [-0.2, 0) is 6.54 Å². The third kappa shape index (κ3) is 3.56. The molecule has 1 N–H and O–H groups in total. The number of nitrogens with zero attached hydrogens (tertiary/aromatic N) is 3. The number of hydrogen-bond donors (Lipinski definition) is 1. The van der Waals surface area contributed by atoms with E-state index in [0.717, 1.165) is 12.1 Å². The maximum Gasteiger partial charge on any atom is 0.213 e. The van der Waals surface area contributed by atoms with Gasteiger partial charge in [-0.1, -0.05) is 20.4 Å². The van der Waals surface area contributed by atoms with E-state index < -0.39 is 0 Å². The highest BCUT2D eigenvalue weighted by molar-refractivity contribution is 5.13. The molecule has 0 saturated carbocycles. The molecule has 80 valence electrons. The topological polar surface area (TPSA) is 53.6 Å². The van der Waals surface area contributed by atoms with Gasteiger partial charge in [-0.15, -0.1) is 0 Å². The maximum atomic E-state index is 8.76. The lowest BCUT2D eigenvalue weighted by molar-refractivity contribution is 0.602. The molecule has 0 spiro atoms. The third-order valence-electron chi connectivity index (χ3n) is 1.97. The predicted molar refractivity (Wildman–Crippen MR) is 59.2 cm³/mol. The number of imidazole rings is 1. The van der Waals surface area contributed by atoms with Crippen LogP contribution in [0.1, 0.15) is 19.7 Å². The molecule has 1 aromatic rings. The van der Waals surface area contributed by atoms with Crippen molar-refractivity contribution in [3.05, 3.63) is 30.4 Å². The predicted octanol–water partition coefficient (Wildman–Crippen LogP) is 1.31. The molecular formula is C11H16N4. The van der Waals surface area contributed by atoms with E-state index in [4.69, 9.17) is 5.26 Å². The fourth-order valence-electron chi connectivity index (χ4n) is 1.20. The minimum Gasteiger partial charge on any atom is -0.319 e. The van der Waals surface area contributed by atoms with Gasteiger partial charge >= 0.3 is 0 Å². The summed E-state index contributed by atoms with van der Waals surface area (Å²) < 4.78 is 1.80. The highest BCUT2D eigenvalue weighted by Gasteiger charge is 2.03. The number of hydrogen-bond acceptors (Lipinski definition) is 3. The first-order valence-electron chi connectivity index (χ1n) is 4.94. The molecule has 0 radical (unpaired) electrons. The molecule has 4 nitrogen and oxygen atoms in total. The van der Waals surface area contributed by atoms with Gasteiger partial charge in [-0.2, -0.15) is 5.26 Å². The van der Waals surface area contributed by atoms with Gasteiger partial charge in [0.05, 0.1) is 0 Å². The van der Waals surface area contributed by atoms with Crippen molar-refractivity contribution in [3.8, 4) is 6.07 Å². The lowest BCUT2D eigenvalue weighted by Gasteiger charge is -2.11. The summed E-state index contributed by atoms with van der Waals surface area (Å²) in [6, 6.07) is 2.48. The number of nitrogens with one attached hydrogen (secondary N) is 1. The maximum absolute atomic E-state index is 8.76. The minimum absolute atomic E-state index is 0.431. The Morgan fingerprint density at radius 3 is 3.07 bits per heavy atom. The Balaban J connectivity index is 2.49. The second-order valence-electron chi connectivity index (χ2n) is 3.78. The van der Waals surface area contributed by atoms with E-state index in [2.05, 4.69) is 30.7 Å². The van der Waals surface area contributed by atoms with Crippen molar-refractivity contribution in [1.82, 2.24) is 14.9 Å². The van der Waals surface area contributed by atoms with Crippen molar-refractivity contribution in [3.63, 3.8) is 0 Å². The quantitative estimate of drug-likeness (QED) is 0.736. The van der Waals surface area contributed by atoms with Crippen LogP contribution in [0.25, 0.3) is 0 Å². The SMILES string of the molecule is C=C(CNC(C)C)Cn1ccnc1C#N. The highest BCUT2D eigenvalue weighted by atomic mass is 15.1. The molecule has 1 rings (SSSR count). The first kappa shape index (κ1) is 11.5. The van der Waals surface area contributed by atoms with Crippen LogP contribution in [0.15, 0.2) is 24.5 Å². The number of nitriles is 1. The zero-order chi connectivity index (χ0) is 11.3. The lowest BCUT2D eigenvalue weighted by Crippen LogP contribution is -2.26. The van der Waals surface area contributed by atoms with Crippen LogP contribution in [0, 0.1) is 11.3 Å². The summed E-state index contributed by atoms with van der Waals surface area (Å²) in [5.74, 6) is 0.431. The molecule has 0 aliphatic heterocycles. The van der Waals surface area contributed by atoms with Crippen molar-refractivity contribution in [2.45, 2.75) is 26.4 Å². The Hall–Kier alpha value is -1.60. The fraction of sp³-hybridized carbons (Fsp3) is 0.455.